The summed E-state index contributed by atoms with van der Waals surface area (Å²) in [4.78, 5) is 16.7. The maximum atomic E-state index is 12.3. The number of ketones is 1. The summed E-state index contributed by atoms with van der Waals surface area (Å²) in [6.45, 7) is 1.99. The number of rotatable bonds is 5. The number of hydrogen-bond donors (Lipinski definition) is 1. The molecule has 1 aromatic rings. The van der Waals surface area contributed by atoms with Crippen molar-refractivity contribution in [2.45, 2.75) is 57.4 Å². The van der Waals surface area contributed by atoms with Crippen LogP contribution in [0.25, 0.3) is 0 Å². The Bertz CT molecular complexity index is 415. The third-order valence-electron chi connectivity index (χ3n) is 3.67. The lowest BCUT2D eigenvalue weighted by atomic mass is 9.82. The monoisotopic (exact) mass is 246 g/mol. The van der Waals surface area contributed by atoms with Gasteiger partial charge >= 0.3 is 0 Å². The third kappa shape index (κ3) is 3.16. The summed E-state index contributed by atoms with van der Waals surface area (Å²) < 4.78 is 0. The molecular formula is C15H22N2O. The fourth-order valence-electron chi connectivity index (χ4n) is 2.70. The normalized spacial score (nSPS) is 20.2. The predicted octanol–water partition coefficient (Wildman–Crippen LogP) is 2.59. The molecule has 18 heavy (non-hydrogen) atoms. The van der Waals surface area contributed by atoms with E-state index >= 15 is 0 Å². The van der Waals surface area contributed by atoms with Crippen molar-refractivity contribution < 1.29 is 4.79 Å². The number of nitrogens with zero attached hydrogens (tertiary/aromatic N) is 1. The molecule has 98 valence electrons. The first kappa shape index (κ1) is 13.2. The number of pyridine rings is 1. The van der Waals surface area contributed by atoms with Gasteiger partial charge in [-0.15, -0.1) is 0 Å². The molecule has 1 aromatic heterocycles. The highest BCUT2D eigenvalue weighted by molar-refractivity contribution is 5.85. The lowest BCUT2D eigenvalue weighted by Gasteiger charge is -2.23. The molecule has 0 spiro atoms. The van der Waals surface area contributed by atoms with Crippen LogP contribution >= 0.6 is 0 Å². The Morgan fingerprint density at radius 3 is 3.22 bits per heavy atom. The third-order valence-corrected chi connectivity index (χ3v) is 3.67. The molecule has 2 unspecified atom stereocenters. The van der Waals surface area contributed by atoms with Gasteiger partial charge in [0.2, 0.25) is 0 Å². The van der Waals surface area contributed by atoms with Crippen LogP contribution in [-0.4, -0.2) is 16.8 Å². The van der Waals surface area contributed by atoms with Crippen molar-refractivity contribution >= 4 is 5.78 Å². The van der Waals surface area contributed by atoms with Crippen molar-refractivity contribution in [3.63, 3.8) is 0 Å². The molecule has 2 atom stereocenters. The Hall–Kier alpha value is -1.22. The van der Waals surface area contributed by atoms with Crippen LogP contribution in [-0.2, 0) is 11.2 Å². The Labute approximate surface area is 109 Å². The second-order valence-electron chi connectivity index (χ2n) is 5.33. The van der Waals surface area contributed by atoms with Crippen LogP contribution in [0.15, 0.2) is 18.3 Å². The first-order valence-corrected chi connectivity index (χ1v) is 6.90. The number of nitrogens with two attached hydrogens (primary N) is 1. The number of hydrogen-bond acceptors (Lipinski definition) is 3. The molecular weight excluding hydrogens is 224 g/mol. The highest BCUT2D eigenvalue weighted by Gasteiger charge is 2.26. The second kappa shape index (κ2) is 6.10. The summed E-state index contributed by atoms with van der Waals surface area (Å²) in [6.07, 6.45) is 7.38. The molecule has 1 aliphatic rings. The van der Waals surface area contributed by atoms with Gasteiger partial charge in [-0.25, -0.2) is 0 Å². The molecule has 0 aliphatic heterocycles. The summed E-state index contributed by atoms with van der Waals surface area (Å²) in [5.41, 5.74) is 7.99. The molecule has 0 bridgehead atoms. The van der Waals surface area contributed by atoms with E-state index in [-0.39, 0.29) is 12.0 Å². The minimum atomic E-state index is 0.0306. The summed E-state index contributed by atoms with van der Waals surface area (Å²) >= 11 is 0. The average Bonchev–Trinajstić information content (AvgIpc) is 2.37. The van der Waals surface area contributed by atoms with Gasteiger partial charge in [-0.05, 0) is 50.7 Å². The van der Waals surface area contributed by atoms with E-state index in [1.54, 1.807) is 6.20 Å². The molecule has 2 N–H and O–H groups in total. The van der Waals surface area contributed by atoms with Crippen LogP contribution in [0.2, 0.25) is 0 Å². The summed E-state index contributed by atoms with van der Waals surface area (Å²) in [7, 11) is 0. The van der Waals surface area contributed by atoms with Crippen LogP contribution in [0.1, 0.15) is 56.2 Å². The molecule has 0 fully saturated rings. The fourth-order valence-corrected chi connectivity index (χ4v) is 2.70. The van der Waals surface area contributed by atoms with Crippen molar-refractivity contribution in [3.8, 4) is 0 Å². The van der Waals surface area contributed by atoms with Crippen molar-refractivity contribution in [3.05, 3.63) is 29.6 Å². The van der Waals surface area contributed by atoms with Gasteiger partial charge in [-0.3, -0.25) is 9.78 Å². The molecule has 1 heterocycles. The molecule has 3 heteroatoms. The van der Waals surface area contributed by atoms with E-state index in [9.17, 15) is 4.79 Å². The van der Waals surface area contributed by atoms with E-state index in [4.69, 9.17) is 5.73 Å². The maximum Gasteiger partial charge on any atom is 0.141 e. The highest BCUT2D eigenvalue weighted by atomic mass is 16.1. The van der Waals surface area contributed by atoms with Crippen LogP contribution in [0, 0.1) is 0 Å². The summed E-state index contributed by atoms with van der Waals surface area (Å²) in [6, 6.07) is 4.25. The van der Waals surface area contributed by atoms with Gasteiger partial charge in [0.05, 0.1) is 11.6 Å². The van der Waals surface area contributed by atoms with E-state index in [1.165, 1.54) is 5.56 Å². The number of Topliss-reactive ketones (excluding diaryl/α,β-unsaturated/α-hetero) is 1. The smallest absolute Gasteiger partial charge is 0.141 e. The average molecular weight is 246 g/mol. The predicted molar refractivity (Wildman–Crippen MR) is 72.4 cm³/mol. The molecule has 0 radical (unpaired) electrons. The summed E-state index contributed by atoms with van der Waals surface area (Å²) in [5, 5.41) is 0. The first-order valence-electron chi connectivity index (χ1n) is 6.90. The molecule has 3 nitrogen and oxygen atoms in total. The van der Waals surface area contributed by atoms with Gasteiger partial charge in [0.1, 0.15) is 5.78 Å². The molecule has 0 saturated carbocycles. The SMILES string of the molecule is CC(N)CCCC(=O)C1CCCc2cccnc21. The van der Waals surface area contributed by atoms with E-state index < -0.39 is 0 Å². The maximum absolute atomic E-state index is 12.3. The molecule has 0 saturated heterocycles. The number of fused-ring (bicyclic) bond motifs is 1. The molecule has 1 aliphatic carbocycles. The van der Waals surface area contributed by atoms with Crippen molar-refractivity contribution in [2.75, 3.05) is 0 Å². The molecule has 0 amide bonds. The number of aryl methyl sites for hydroxylation is 1. The van der Waals surface area contributed by atoms with Crippen LogP contribution in [0.3, 0.4) is 0 Å². The van der Waals surface area contributed by atoms with Crippen molar-refractivity contribution in [2.24, 2.45) is 5.73 Å². The Morgan fingerprint density at radius 2 is 2.44 bits per heavy atom. The number of aromatic nitrogens is 1. The van der Waals surface area contributed by atoms with Gasteiger partial charge in [-0.2, -0.15) is 0 Å². The standard InChI is InChI=1S/C15H22N2O/c1-11(16)5-2-9-14(18)13-8-3-6-12-7-4-10-17-15(12)13/h4,7,10-11,13H,2-3,5-6,8-9,16H2,1H3. The number of carbonyl (C=O) groups is 1. The summed E-state index contributed by atoms with van der Waals surface area (Å²) in [5.74, 6) is 0.373. The van der Waals surface area contributed by atoms with Gasteiger partial charge in [-0.1, -0.05) is 6.07 Å². The first-order chi connectivity index (χ1) is 8.68. The largest absolute Gasteiger partial charge is 0.328 e. The van der Waals surface area contributed by atoms with Gasteiger partial charge < -0.3 is 5.73 Å². The Kier molecular flexibility index (Phi) is 4.48. The highest BCUT2D eigenvalue weighted by Crippen LogP contribution is 2.31. The van der Waals surface area contributed by atoms with Crippen molar-refractivity contribution in [1.29, 1.82) is 0 Å². The zero-order valence-electron chi connectivity index (χ0n) is 11.1. The van der Waals surface area contributed by atoms with Gasteiger partial charge in [0.25, 0.3) is 0 Å². The minimum Gasteiger partial charge on any atom is -0.328 e. The second-order valence-corrected chi connectivity index (χ2v) is 5.33. The fraction of sp³-hybridized carbons (Fsp3) is 0.600. The van der Waals surface area contributed by atoms with E-state index in [2.05, 4.69) is 11.1 Å². The van der Waals surface area contributed by atoms with Crippen molar-refractivity contribution in [1.82, 2.24) is 4.98 Å². The Morgan fingerprint density at radius 1 is 1.61 bits per heavy atom. The van der Waals surface area contributed by atoms with E-state index in [0.717, 1.165) is 37.8 Å². The lowest BCUT2D eigenvalue weighted by Crippen LogP contribution is -2.21. The van der Waals surface area contributed by atoms with Gasteiger partial charge in [0.15, 0.2) is 0 Å². The Balaban J connectivity index is 1.99. The van der Waals surface area contributed by atoms with E-state index in [0.29, 0.717) is 12.2 Å². The molecule has 0 aromatic carbocycles. The zero-order valence-corrected chi connectivity index (χ0v) is 11.1. The van der Waals surface area contributed by atoms with E-state index in [1.807, 2.05) is 13.0 Å². The van der Waals surface area contributed by atoms with Gasteiger partial charge in [0, 0.05) is 18.7 Å². The topological polar surface area (TPSA) is 56.0 Å². The van der Waals surface area contributed by atoms with Crippen LogP contribution < -0.4 is 5.73 Å². The zero-order chi connectivity index (χ0) is 13.0. The minimum absolute atomic E-state index is 0.0306. The van der Waals surface area contributed by atoms with Crippen LogP contribution in [0.5, 0.6) is 0 Å². The molecule has 2 rings (SSSR count). The number of carbonyl (C=O) groups excluding carboxylic acids is 1. The quantitative estimate of drug-likeness (QED) is 0.868. The lowest BCUT2D eigenvalue weighted by molar-refractivity contribution is -0.121. The van der Waals surface area contributed by atoms with Crippen LogP contribution in [0.4, 0.5) is 0 Å².